The molecule has 0 spiro atoms. The van der Waals surface area contributed by atoms with E-state index in [9.17, 15) is 0 Å². The van der Waals surface area contributed by atoms with Crippen LogP contribution in [0.5, 0.6) is 0 Å². The predicted molar refractivity (Wildman–Crippen MR) is 83.7 cm³/mol. The fraction of sp³-hybridized carbons (Fsp3) is 0.533. The van der Waals surface area contributed by atoms with Crippen LogP contribution in [0.2, 0.25) is 0 Å². The molecule has 0 aliphatic carbocycles. The summed E-state index contributed by atoms with van der Waals surface area (Å²) in [5, 5.41) is 7.03. The second-order valence-electron chi connectivity index (χ2n) is 5.32. The molecule has 1 unspecified atom stereocenters. The SMILES string of the molecule is CC1(C)OCC(CNC(=S)NCCc2ccccc2)O1. The normalized spacial score (nSPS) is 20.6. The van der Waals surface area contributed by atoms with Gasteiger partial charge in [0.25, 0.3) is 0 Å². The van der Waals surface area contributed by atoms with E-state index in [1.54, 1.807) is 0 Å². The summed E-state index contributed by atoms with van der Waals surface area (Å²) in [6.45, 7) is 5.93. The Hall–Kier alpha value is -1.17. The molecule has 1 atom stereocenters. The molecule has 1 aliphatic heterocycles. The maximum absolute atomic E-state index is 5.70. The molecular weight excluding hydrogens is 272 g/mol. The van der Waals surface area contributed by atoms with Gasteiger partial charge in [0, 0.05) is 13.1 Å². The van der Waals surface area contributed by atoms with Gasteiger partial charge in [-0.15, -0.1) is 0 Å². The monoisotopic (exact) mass is 294 g/mol. The third kappa shape index (κ3) is 5.07. The number of nitrogens with one attached hydrogen (secondary N) is 2. The molecule has 2 rings (SSSR count). The van der Waals surface area contributed by atoms with Gasteiger partial charge < -0.3 is 20.1 Å². The minimum atomic E-state index is -0.477. The molecule has 1 aromatic carbocycles. The summed E-state index contributed by atoms with van der Waals surface area (Å²) in [5.41, 5.74) is 1.30. The lowest BCUT2D eigenvalue weighted by Gasteiger charge is -2.18. The van der Waals surface area contributed by atoms with Gasteiger partial charge in [0.2, 0.25) is 0 Å². The van der Waals surface area contributed by atoms with Crippen LogP contribution in [0.25, 0.3) is 0 Å². The smallest absolute Gasteiger partial charge is 0.166 e. The third-order valence-electron chi connectivity index (χ3n) is 3.10. The first-order chi connectivity index (χ1) is 9.55. The van der Waals surface area contributed by atoms with Crippen LogP contribution in [0.15, 0.2) is 30.3 Å². The molecule has 20 heavy (non-hydrogen) atoms. The van der Waals surface area contributed by atoms with E-state index in [4.69, 9.17) is 21.7 Å². The van der Waals surface area contributed by atoms with Crippen molar-refractivity contribution in [3.63, 3.8) is 0 Å². The highest BCUT2D eigenvalue weighted by atomic mass is 32.1. The molecule has 1 aromatic rings. The highest BCUT2D eigenvalue weighted by Gasteiger charge is 2.32. The summed E-state index contributed by atoms with van der Waals surface area (Å²) < 4.78 is 11.2. The molecule has 5 heteroatoms. The van der Waals surface area contributed by atoms with Gasteiger partial charge in [-0.25, -0.2) is 0 Å². The van der Waals surface area contributed by atoms with Crippen molar-refractivity contribution in [1.82, 2.24) is 10.6 Å². The number of hydrogen-bond acceptors (Lipinski definition) is 3. The lowest BCUT2D eigenvalue weighted by Crippen LogP contribution is -2.41. The molecule has 0 radical (unpaired) electrons. The first-order valence-corrected chi connectivity index (χ1v) is 7.33. The van der Waals surface area contributed by atoms with E-state index in [1.807, 2.05) is 32.0 Å². The van der Waals surface area contributed by atoms with Gasteiger partial charge in [-0.1, -0.05) is 30.3 Å². The van der Waals surface area contributed by atoms with Crippen LogP contribution < -0.4 is 10.6 Å². The van der Waals surface area contributed by atoms with Crippen molar-refractivity contribution < 1.29 is 9.47 Å². The fourth-order valence-electron chi connectivity index (χ4n) is 2.10. The number of thiocarbonyl (C=S) groups is 1. The van der Waals surface area contributed by atoms with Gasteiger partial charge in [-0.05, 0) is 38.0 Å². The van der Waals surface area contributed by atoms with E-state index in [0.717, 1.165) is 13.0 Å². The number of ether oxygens (including phenoxy) is 2. The molecule has 0 bridgehead atoms. The first-order valence-electron chi connectivity index (χ1n) is 6.92. The van der Waals surface area contributed by atoms with Crippen molar-refractivity contribution in [1.29, 1.82) is 0 Å². The highest BCUT2D eigenvalue weighted by molar-refractivity contribution is 7.80. The van der Waals surface area contributed by atoms with E-state index in [2.05, 4.69) is 22.8 Å². The minimum Gasteiger partial charge on any atom is -0.362 e. The molecule has 4 nitrogen and oxygen atoms in total. The Morgan fingerprint density at radius 2 is 2.05 bits per heavy atom. The summed E-state index contributed by atoms with van der Waals surface area (Å²) >= 11 is 5.24. The van der Waals surface area contributed by atoms with Crippen molar-refractivity contribution >= 4 is 17.3 Å². The maximum Gasteiger partial charge on any atom is 0.166 e. The Kier molecular flexibility index (Phi) is 5.34. The van der Waals surface area contributed by atoms with Crippen LogP contribution in [0, 0.1) is 0 Å². The molecule has 110 valence electrons. The first kappa shape index (κ1) is 15.2. The number of rotatable bonds is 5. The molecule has 1 fully saturated rings. The van der Waals surface area contributed by atoms with Crippen molar-refractivity contribution in [2.24, 2.45) is 0 Å². The lowest BCUT2D eigenvalue weighted by atomic mass is 10.1. The molecular formula is C15H22N2O2S. The molecule has 1 saturated heterocycles. The number of benzene rings is 1. The predicted octanol–water partition coefficient (Wildman–Crippen LogP) is 1.84. The van der Waals surface area contributed by atoms with Crippen molar-refractivity contribution in [2.75, 3.05) is 19.7 Å². The average molecular weight is 294 g/mol. The fourth-order valence-corrected chi connectivity index (χ4v) is 2.28. The van der Waals surface area contributed by atoms with E-state index in [0.29, 0.717) is 18.3 Å². The summed E-state index contributed by atoms with van der Waals surface area (Å²) in [6.07, 6.45) is 1.01. The van der Waals surface area contributed by atoms with E-state index in [-0.39, 0.29) is 6.10 Å². The van der Waals surface area contributed by atoms with Crippen LogP contribution in [0.4, 0.5) is 0 Å². The second kappa shape index (κ2) is 7.02. The molecule has 0 saturated carbocycles. The van der Waals surface area contributed by atoms with Gasteiger partial charge >= 0.3 is 0 Å². The highest BCUT2D eigenvalue weighted by Crippen LogP contribution is 2.21. The van der Waals surface area contributed by atoms with Gasteiger partial charge in [0.05, 0.1) is 6.61 Å². The largest absolute Gasteiger partial charge is 0.362 e. The number of hydrogen-bond donors (Lipinski definition) is 2. The molecule has 1 aliphatic rings. The van der Waals surface area contributed by atoms with Gasteiger partial charge in [0.15, 0.2) is 10.9 Å². The second-order valence-corrected chi connectivity index (χ2v) is 5.73. The standard InChI is InChI=1S/C15H22N2O2S/c1-15(2)18-11-13(19-15)10-17-14(20)16-9-8-12-6-4-3-5-7-12/h3-7,13H,8-11H2,1-2H3,(H2,16,17,20). The Balaban J connectivity index is 1.59. The van der Waals surface area contributed by atoms with E-state index >= 15 is 0 Å². The van der Waals surface area contributed by atoms with Crippen molar-refractivity contribution in [3.8, 4) is 0 Å². The lowest BCUT2D eigenvalue weighted by molar-refractivity contribution is -0.137. The maximum atomic E-state index is 5.70. The Bertz CT molecular complexity index is 437. The summed E-state index contributed by atoms with van der Waals surface area (Å²) in [6, 6.07) is 10.3. The Labute approximate surface area is 125 Å². The van der Waals surface area contributed by atoms with Crippen LogP contribution in [-0.4, -0.2) is 36.7 Å². The van der Waals surface area contributed by atoms with Crippen molar-refractivity contribution in [2.45, 2.75) is 32.2 Å². The Morgan fingerprint density at radius 1 is 1.30 bits per heavy atom. The summed E-state index contributed by atoms with van der Waals surface area (Å²) in [7, 11) is 0. The quantitative estimate of drug-likeness (QED) is 0.811. The van der Waals surface area contributed by atoms with E-state index < -0.39 is 5.79 Å². The minimum absolute atomic E-state index is 0.0545. The molecule has 2 N–H and O–H groups in total. The molecule has 0 amide bonds. The summed E-state index contributed by atoms with van der Waals surface area (Å²) in [5.74, 6) is -0.477. The Morgan fingerprint density at radius 3 is 2.70 bits per heavy atom. The van der Waals surface area contributed by atoms with Crippen LogP contribution in [0.1, 0.15) is 19.4 Å². The van der Waals surface area contributed by atoms with Gasteiger partial charge in [-0.2, -0.15) is 0 Å². The van der Waals surface area contributed by atoms with Crippen LogP contribution >= 0.6 is 12.2 Å². The third-order valence-corrected chi connectivity index (χ3v) is 3.39. The average Bonchev–Trinajstić information content (AvgIpc) is 2.77. The zero-order valence-corrected chi connectivity index (χ0v) is 12.8. The summed E-state index contributed by atoms with van der Waals surface area (Å²) in [4.78, 5) is 0. The topological polar surface area (TPSA) is 42.5 Å². The van der Waals surface area contributed by atoms with Gasteiger partial charge in [-0.3, -0.25) is 0 Å². The van der Waals surface area contributed by atoms with Crippen LogP contribution in [0.3, 0.4) is 0 Å². The molecule has 0 aromatic heterocycles. The van der Waals surface area contributed by atoms with Crippen LogP contribution in [-0.2, 0) is 15.9 Å². The van der Waals surface area contributed by atoms with Crippen molar-refractivity contribution in [3.05, 3.63) is 35.9 Å². The zero-order valence-electron chi connectivity index (χ0n) is 12.0. The van der Waals surface area contributed by atoms with E-state index in [1.165, 1.54) is 5.56 Å². The van der Waals surface area contributed by atoms with Gasteiger partial charge in [0.1, 0.15) is 6.10 Å². The zero-order chi connectivity index (χ0) is 14.4. The molecule has 1 heterocycles.